The van der Waals surface area contributed by atoms with Crippen LogP contribution in [-0.4, -0.2) is 32.4 Å². The van der Waals surface area contributed by atoms with E-state index in [2.05, 4.69) is 42.8 Å². The van der Waals surface area contributed by atoms with Gasteiger partial charge in [-0.05, 0) is 45.4 Å². The van der Waals surface area contributed by atoms with Gasteiger partial charge in [0.25, 0.3) is 0 Å². The molecule has 7 nitrogen and oxygen atoms in total. The third-order valence-corrected chi connectivity index (χ3v) is 4.54. The van der Waals surface area contributed by atoms with Crippen molar-refractivity contribution in [3.05, 3.63) is 35.0 Å². The van der Waals surface area contributed by atoms with Crippen molar-refractivity contribution in [1.82, 2.24) is 25.3 Å². The van der Waals surface area contributed by atoms with Crippen LogP contribution >= 0.6 is 0 Å². The van der Waals surface area contributed by atoms with Gasteiger partial charge in [0.15, 0.2) is 0 Å². The summed E-state index contributed by atoms with van der Waals surface area (Å²) in [6.07, 6.45) is 0. The first kappa shape index (κ1) is 15.4. The van der Waals surface area contributed by atoms with Crippen molar-refractivity contribution in [2.24, 2.45) is 0 Å². The van der Waals surface area contributed by atoms with Crippen LogP contribution in [0.25, 0.3) is 33.3 Å². The van der Waals surface area contributed by atoms with E-state index in [-0.39, 0.29) is 0 Å². The minimum absolute atomic E-state index is 0.728. The Hall–Kier alpha value is -3.09. The molecule has 0 saturated heterocycles. The number of fused-ring (bicyclic) bond motifs is 1. The highest BCUT2D eigenvalue weighted by Gasteiger charge is 2.19. The van der Waals surface area contributed by atoms with E-state index in [0.717, 1.165) is 62.1 Å². The van der Waals surface area contributed by atoms with E-state index in [1.807, 2.05) is 34.7 Å². The zero-order chi connectivity index (χ0) is 17.7. The average Bonchev–Trinajstić information content (AvgIpc) is 3.24. The fourth-order valence-corrected chi connectivity index (χ4v) is 3.41. The smallest absolute Gasteiger partial charge is 0.200 e. The number of H-pyrrole nitrogens is 2. The first-order valence-corrected chi connectivity index (χ1v) is 8.16. The molecule has 0 fully saturated rings. The molecule has 25 heavy (non-hydrogen) atoms. The maximum absolute atomic E-state index is 5.36. The number of imidazole rings is 1. The normalized spacial score (nSPS) is 11.4. The van der Waals surface area contributed by atoms with Crippen molar-refractivity contribution in [2.45, 2.75) is 27.7 Å². The van der Waals surface area contributed by atoms with E-state index in [4.69, 9.17) is 4.52 Å². The highest BCUT2D eigenvalue weighted by molar-refractivity contribution is 5.98. The molecule has 3 heterocycles. The number of aromatic nitrogens is 5. The van der Waals surface area contributed by atoms with Crippen molar-refractivity contribution in [1.29, 1.82) is 0 Å². The molecule has 3 aromatic heterocycles. The first-order valence-electron chi connectivity index (χ1n) is 8.16. The van der Waals surface area contributed by atoms with Crippen molar-refractivity contribution >= 4 is 17.0 Å². The topological polar surface area (TPSA) is 95.4 Å². The molecule has 4 aromatic rings. The number of hydrogen-bond donors (Lipinski definition) is 3. The Bertz CT molecular complexity index is 1050. The number of hydrogen-bond acceptors (Lipinski definition) is 5. The minimum atomic E-state index is 0.728. The Morgan fingerprint density at radius 1 is 1.04 bits per heavy atom. The van der Waals surface area contributed by atoms with Crippen LogP contribution in [0.2, 0.25) is 0 Å². The summed E-state index contributed by atoms with van der Waals surface area (Å²) in [5.74, 6) is 1.53. The lowest BCUT2D eigenvalue weighted by Crippen LogP contribution is -1.89. The van der Waals surface area contributed by atoms with Gasteiger partial charge >= 0.3 is 0 Å². The first-order chi connectivity index (χ1) is 12.0. The van der Waals surface area contributed by atoms with Crippen LogP contribution in [0.15, 0.2) is 16.7 Å². The summed E-state index contributed by atoms with van der Waals surface area (Å²) in [5.41, 5.74) is 8.88. The molecule has 0 unspecified atom stereocenters. The second kappa shape index (κ2) is 5.47. The van der Waals surface area contributed by atoms with Crippen LogP contribution in [0.5, 0.6) is 0 Å². The lowest BCUT2D eigenvalue weighted by molar-refractivity contribution is 0.393. The number of aryl methyl sites for hydroxylation is 4. The molecular weight excluding hydrogens is 316 g/mol. The van der Waals surface area contributed by atoms with Crippen molar-refractivity contribution in [2.75, 3.05) is 12.4 Å². The molecule has 0 amide bonds. The fourth-order valence-electron chi connectivity index (χ4n) is 3.41. The average molecular weight is 336 g/mol. The summed E-state index contributed by atoms with van der Waals surface area (Å²) in [7, 11) is 1.85. The van der Waals surface area contributed by atoms with Gasteiger partial charge in [-0.15, -0.1) is 0 Å². The number of anilines is 1. The second-order valence-electron chi connectivity index (χ2n) is 6.26. The molecule has 0 radical (unpaired) electrons. The SMILES string of the molecule is CNc1nc2c(-c3c(C)n[nH]c3C)cc(-c3c(C)noc3C)cc2[nH]1. The number of rotatable bonds is 3. The highest BCUT2D eigenvalue weighted by Crippen LogP contribution is 2.37. The third kappa shape index (κ3) is 2.31. The molecule has 0 aliphatic carbocycles. The Labute approximate surface area is 144 Å². The van der Waals surface area contributed by atoms with E-state index in [9.17, 15) is 0 Å². The van der Waals surface area contributed by atoms with Crippen LogP contribution < -0.4 is 5.32 Å². The van der Waals surface area contributed by atoms with Crippen LogP contribution in [-0.2, 0) is 0 Å². The number of nitrogens with one attached hydrogen (secondary N) is 3. The van der Waals surface area contributed by atoms with Crippen molar-refractivity contribution in [3.8, 4) is 22.3 Å². The third-order valence-electron chi connectivity index (χ3n) is 4.54. The second-order valence-corrected chi connectivity index (χ2v) is 6.26. The van der Waals surface area contributed by atoms with Crippen LogP contribution in [0.1, 0.15) is 22.8 Å². The molecule has 0 bridgehead atoms. The fraction of sp³-hybridized carbons (Fsp3) is 0.278. The van der Waals surface area contributed by atoms with Gasteiger partial charge < -0.3 is 14.8 Å². The van der Waals surface area contributed by atoms with Crippen LogP contribution in [0.4, 0.5) is 5.95 Å². The van der Waals surface area contributed by atoms with Crippen LogP contribution in [0, 0.1) is 27.7 Å². The standard InChI is InChI=1S/C18H20N6O/c1-8-15(9(2)23-22-8)13-6-12(16-10(3)24-25-11(16)4)7-14-17(13)21-18(19-5)20-14/h6-7H,1-5H3,(H,22,23)(H2,19,20,21). The molecule has 4 rings (SSSR count). The van der Waals surface area contributed by atoms with E-state index < -0.39 is 0 Å². The van der Waals surface area contributed by atoms with Gasteiger partial charge in [-0.3, -0.25) is 5.10 Å². The summed E-state index contributed by atoms with van der Waals surface area (Å²) < 4.78 is 5.36. The van der Waals surface area contributed by atoms with E-state index in [0.29, 0.717) is 0 Å². The Morgan fingerprint density at radius 3 is 2.44 bits per heavy atom. The molecule has 128 valence electrons. The van der Waals surface area contributed by atoms with E-state index >= 15 is 0 Å². The molecular formula is C18H20N6O. The number of nitrogens with zero attached hydrogens (tertiary/aromatic N) is 3. The van der Waals surface area contributed by atoms with E-state index in [1.54, 1.807) is 0 Å². The molecule has 0 aliphatic heterocycles. The van der Waals surface area contributed by atoms with E-state index in [1.165, 1.54) is 0 Å². The van der Waals surface area contributed by atoms with Gasteiger partial charge in [0, 0.05) is 29.4 Å². The molecule has 0 aliphatic rings. The van der Waals surface area contributed by atoms with Gasteiger partial charge in [0.2, 0.25) is 5.95 Å². The van der Waals surface area contributed by atoms with Gasteiger partial charge in [-0.25, -0.2) is 4.98 Å². The molecule has 0 saturated carbocycles. The van der Waals surface area contributed by atoms with Crippen molar-refractivity contribution < 1.29 is 4.52 Å². The monoisotopic (exact) mass is 336 g/mol. The van der Waals surface area contributed by atoms with Gasteiger partial charge in [-0.2, -0.15) is 5.10 Å². The maximum atomic E-state index is 5.36. The lowest BCUT2D eigenvalue weighted by Gasteiger charge is -2.08. The molecule has 0 atom stereocenters. The Morgan fingerprint density at radius 2 is 1.84 bits per heavy atom. The summed E-state index contributed by atoms with van der Waals surface area (Å²) in [6, 6.07) is 4.23. The predicted molar refractivity (Wildman–Crippen MR) is 97.7 cm³/mol. The lowest BCUT2D eigenvalue weighted by atomic mass is 9.96. The van der Waals surface area contributed by atoms with Gasteiger partial charge in [-0.1, -0.05) is 5.16 Å². The van der Waals surface area contributed by atoms with Gasteiger partial charge in [0.1, 0.15) is 5.76 Å². The summed E-state index contributed by atoms with van der Waals surface area (Å²) in [4.78, 5) is 8.01. The largest absolute Gasteiger partial charge is 0.361 e. The highest BCUT2D eigenvalue weighted by atomic mass is 16.5. The number of aromatic amines is 2. The molecule has 0 spiro atoms. The quantitative estimate of drug-likeness (QED) is 0.527. The van der Waals surface area contributed by atoms with Gasteiger partial charge in [0.05, 0.1) is 22.4 Å². The number of benzene rings is 1. The predicted octanol–water partition coefficient (Wildman–Crippen LogP) is 3.88. The van der Waals surface area contributed by atoms with Crippen molar-refractivity contribution in [3.63, 3.8) is 0 Å². The summed E-state index contributed by atoms with van der Waals surface area (Å²) in [6.45, 7) is 7.91. The molecule has 3 N–H and O–H groups in total. The zero-order valence-electron chi connectivity index (χ0n) is 14.9. The maximum Gasteiger partial charge on any atom is 0.200 e. The minimum Gasteiger partial charge on any atom is -0.361 e. The zero-order valence-corrected chi connectivity index (χ0v) is 14.9. The Kier molecular flexibility index (Phi) is 3.38. The summed E-state index contributed by atoms with van der Waals surface area (Å²) >= 11 is 0. The summed E-state index contributed by atoms with van der Waals surface area (Å²) in [5, 5.41) is 14.6. The Balaban J connectivity index is 2.08. The molecule has 1 aromatic carbocycles. The van der Waals surface area contributed by atoms with Crippen LogP contribution in [0.3, 0.4) is 0 Å². The molecule has 7 heteroatoms.